The van der Waals surface area contributed by atoms with Crippen LogP contribution >= 0.6 is 0 Å². The van der Waals surface area contributed by atoms with Crippen LogP contribution in [0.3, 0.4) is 0 Å². The summed E-state index contributed by atoms with van der Waals surface area (Å²) >= 11 is 0. The largest absolute Gasteiger partial charge is 0.372 e. The molecule has 6 heterocycles. The maximum absolute atomic E-state index is 12.7. The summed E-state index contributed by atoms with van der Waals surface area (Å²) in [7, 11) is 1.84. The number of hydrogen-bond donors (Lipinski definition) is 3. The number of aromatic nitrogens is 2. The van der Waals surface area contributed by atoms with Gasteiger partial charge in [-0.2, -0.15) is 0 Å². The van der Waals surface area contributed by atoms with Crippen molar-refractivity contribution in [3.63, 3.8) is 0 Å². The van der Waals surface area contributed by atoms with Gasteiger partial charge in [-0.15, -0.1) is 0 Å². The van der Waals surface area contributed by atoms with E-state index in [1.54, 1.807) is 11.1 Å². The molecule has 5 saturated heterocycles. The minimum atomic E-state index is -0.638. The van der Waals surface area contributed by atoms with Crippen LogP contribution in [-0.4, -0.2) is 120 Å². The minimum absolute atomic E-state index is 0.0753. The van der Waals surface area contributed by atoms with Crippen molar-refractivity contribution in [1.82, 2.24) is 30.0 Å². The van der Waals surface area contributed by atoms with Crippen LogP contribution in [0.2, 0.25) is 0 Å². The van der Waals surface area contributed by atoms with Gasteiger partial charge in [0.15, 0.2) is 11.5 Å². The van der Waals surface area contributed by atoms with Gasteiger partial charge in [0.25, 0.3) is 5.91 Å². The lowest BCUT2D eigenvalue weighted by Crippen LogP contribution is -2.49. The third-order valence-electron chi connectivity index (χ3n) is 12.7. The molecule has 14 nitrogen and oxygen atoms in total. The number of imide groups is 1. The summed E-state index contributed by atoms with van der Waals surface area (Å²) in [4.78, 5) is 69.1. The minimum Gasteiger partial charge on any atom is -0.372 e. The normalized spacial score (nSPS) is 23.1. The summed E-state index contributed by atoms with van der Waals surface area (Å²) in [6.07, 6.45) is 9.06. The lowest BCUT2D eigenvalue weighted by molar-refractivity contribution is -0.134. The lowest BCUT2D eigenvalue weighted by atomic mass is 9.88. The highest BCUT2D eigenvalue weighted by molar-refractivity contribution is 6.01. The smallest absolute Gasteiger partial charge is 0.320 e. The fourth-order valence-corrected chi connectivity index (χ4v) is 9.32. The molecule has 0 spiro atoms. The van der Waals surface area contributed by atoms with E-state index in [0.29, 0.717) is 42.9 Å². The quantitative estimate of drug-likeness (QED) is 0.255. The molecular weight excluding hydrogens is 709 g/mol. The van der Waals surface area contributed by atoms with Gasteiger partial charge in [0.05, 0.1) is 18.2 Å². The monoisotopic (exact) mass is 762 g/mol. The van der Waals surface area contributed by atoms with E-state index in [9.17, 15) is 19.2 Å². The van der Waals surface area contributed by atoms with Gasteiger partial charge in [-0.1, -0.05) is 24.3 Å². The summed E-state index contributed by atoms with van der Waals surface area (Å²) in [6.45, 7) is 8.35. The van der Waals surface area contributed by atoms with E-state index in [2.05, 4.69) is 54.6 Å². The lowest BCUT2D eigenvalue weighted by Gasteiger charge is -2.38. The second-order valence-corrected chi connectivity index (χ2v) is 16.3. The predicted molar refractivity (Wildman–Crippen MR) is 215 cm³/mol. The SMILES string of the molecule is CN1CCN([C@@H]2CCCN(c3cnc(C(N)=O)c(Nc4ccc(C5CCN(CC6CCN(c7ccc(C8CCC(=O)NC8=O)cc7)CC6)CC5)cc4)n3)C2)C1=O. The molecule has 296 valence electrons. The van der Waals surface area contributed by atoms with Gasteiger partial charge in [0.2, 0.25) is 11.8 Å². The van der Waals surface area contributed by atoms with E-state index >= 15 is 0 Å². The molecule has 5 amide bonds. The Balaban J connectivity index is 0.807. The zero-order chi connectivity index (χ0) is 38.8. The van der Waals surface area contributed by atoms with E-state index in [-0.39, 0.29) is 35.5 Å². The van der Waals surface area contributed by atoms with Crippen molar-refractivity contribution in [3.8, 4) is 0 Å². The van der Waals surface area contributed by atoms with E-state index in [1.165, 1.54) is 24.1 Å². The van der Waals surface area contributed by atoms with Gasteiger partial charge in [-0.25, -0.2) is 14.8 Å². The summed E-state index contributed by atoms with van der Waals surface area (Å²) in [5, 5.41) is 5.79. The highest BCUT2D eigenvalue weighted by atomic mass is 16.2. The Labute approximate surface area is 328 Å². The Bertz CT molecular complexity index is 1910. The van der Waals surface area contributed by atoms with Crippen LogP contribution in [0.4, 0.5) is 27.8 Å². The molecule has 2 aromatic carbocycles. The maximum atomic E-state index is 12.7. The number of hydrogen-bond acceptors (Lipinski definition) is 10. The van der Waals surface area contributed by atoms with Crippen LogP contribution in [0, 0.1) is 5.92 Å². The second kappa shape index (κ2) is 16.5. The number of nitrogens with one attached hydrogen (secondary N) is 2. The molecule has 0 bridgehead atoms. The van der Waals surface area contributed by atoms with Crippen molar-refractivity contribution >= 4 is 46.8 Å². The van der Waals surface area contributed by atoms with E-state index in [0.717, 1.165) is 89.3 Å². The van der Waals surface area contributed by atoms with Gasteiger partial charge >= 0.3 is 6.03 Å². The molecule has 56 heavy (non-hydrogen) atoms. The Morgan fingerprint density at radius 1 is 0.839 bits per heavy atom. The van der Waals surface area contributed by atoms with Gasteiger partial charge in [-0.3, -0.25) is 19.7 Å². The Morgan fingerprint density at radius 2 is 1.57 bits per heavy atom. The average Bonchev–Trinajstić information content (AvgIpc) is 3.56. The molecule has 8 rings (SSSR count). The molecule has 5 aliphatic heterocycles. The number of amides is 5. The van der Waals surface area contributed by atoms with Crippen molar-refractivity contribution in [2.45, 2.75) is 69.2 Å². The number of benzene rings is 2. The summed E-state index contributed by atoms with van der Waals surface area (Å²) < 4.78 is 0. The van der Waals surface area contributed by atoms with Crippen molar-refractivity contribution in [2.75, 3.05) is 81.1 Å². The maximum Gasteiger partial charge on any atom is 0.320 e. The van der Waals surface area contributed by atoms with E-state index < -0.39 is 5.91 Å². The summed E-state index contributed by atoms with van der Waals surface area (Å²) in [6, 6.07) is 17.0. The molecule has 3 aromatic rings. The first-order valence-corrected chi connectivity index (χ1v) is 20.4. The van der Waals surface area contributed by atoms with Crippen LogP contribution in [0.15, 0.2) is 54.7 Å². The van der Waals surface area contributed by atoms with Crippen LogP contribution in [0.5, 0.6) is 0 Å². The molecular formula is C42H54N10O4. The number of carbonyl (C=O) groups excluding carboxylic acids is 4. The number of primary amides is 1. The average molecular weight is 763 g/mol. The molecule has 2 atom stereocenters. The highest BCUT2D eigenvalue weighted by Gasteiger charge is 2.35. The number of likely N-dealkylation sites (N-methyl/N-ethyl adjacent to an activating group) is 1. The molecule has 1 unspecified atom stereocenters. The fourth-order valence-electron chi connectivity index (χ4n) is 9.32. The van der Waals surface area contributed by atoms with E-state index in [4.69, 9.17) is 10.7 Å². The highest BCUT2D eigenvalue weighted by Crippen LogP contribution is 2.33. The number of nitrogens with zero attached hydrogens (tertiary/aromatic N) is 7. The standard InChI is InChI=1S/C42H54N10O4/c1-48-23-24-52(42(48)56)34-3-2-18-51(27-34)36-25-44-38(39(43)54)40(46-36)45-32-8-4-29(5-9-32)30-16-19-49(20-17-30)26-28-14-21-50(22-15-28)33-10-6-31(7-11-33)35-12-13-37(53)47-41(35)55/h4-11,25,28,30,34-35H,2-3,12-24,26-27H2,1H3,(H2,43,54)(H,45,46)(H,47,53,55)/t34-,35?/m1/s1. The number of likely N-dealkylation sites (tertiary alicyclic amines) is 1. The first-order chi connectivity index (χ1) is 27.2. The number of anilines is 4. The van der Waals surface area contributed by atoms with Gasteiger partial charge < -0.3 is 35.6 Å². The third-order valence-corrected chi connectivity index (χ3v) is 12.7. The van der Waals surface area contributed by atoms with Gasteiger partial charge in [-0.05, 0) is 105 Å². The van der Waals surface area contributed by atoms with Crippen molar-refractivity contribution < 1.29 is 19.2 Å². The Morgan fingerprint density at radius 3 is 2.25 bits per heavy atom. The van der Waals surface area contributed by atoms with Crippen molar-refractivity contribution in [1.29, 1.82) is 0 Å². The van der Waals surface area contributed by atoms with Crippen LogP contribution in [0.25, 0.3) is 0 Å². The molecule has 14 heteroatoms. The Kier molecular flexibility index (Phi) is 11.1. The number of carbonyl (C=O) groups is 4. The van der Waals surface area contributed by atoms with Crippen LogP contribution in [0.1, 0.15) is 84.8 Å². The molecule has 5 aliphatic rings. The zero-order valence-corrected chi connectivity index (χ0v) is 32.4. The van der Waals surface area contributed by atoms with Gasteiger partial charge in [0.1, 0.15) is 5.82 Å². The van der Waals surface area contributed by atoms with E-state index in [1.807, 2.05) is 36.2 Å². The number of piperidine rings is 4. The number of rotatable bonds is 10. The van der Waals surface area contributed by atoms with Crippen LogP contribution < -0.4 is 26.2 Å². The van der Waals surface area contributed by atoms with Crippen LogP contribution in [-0.2, 0) is 9.59 Å². The second-order valence-electron chi connectivity index (χ2n) is 16.3. The first kappa shape index (κ1) is 37.7. The first-order valence-electron chi connectivity index (χ1n) is 20.4. The molecule has 5 fully saturated rings. The predicted octanol–water partition coefficient (Wildman–Crippen LogP) is 4.27. The van der Waals surface area contributed by atoms with Crippen molar-refractivity contribution in [3.05, 3.63) is 71.5 Å². The molecule has 1 aromatic heterocycles. The topological polar surface area (TPSA) is 160 Å². The van der Waals surface area contributed by atoms with Crippen molar-refractivity contribution in [2.24, 2.45) is 11.7 Å². The molecule has 0 radical (unpaired) electrons. The van der Waals surface area contributed by atoms with Gasteiger partial charge in [0, 0.05) is 70.7 Å². The fraction of sp³-hybridized carbons (Fsp3) is 0.524. The molecule has 0 saturated carbocycles. The Hall–Kier alpha value is -5.24. The molecule has 4 N–H and O–H groups in total. The zero-order valence-electron chi connectivity index (χ0n) is 32.4. The summed E-state index contributed by atoms with van der Waals surface area (Å²) in [5.74, 6) is 0.946. The summed E-state index contributed by atoms with van der Waals surface area (Å²) in [5.41, 5.74) is 10.1. The molecule has 0 aliphatic carbocycles. The number of nitrogens with two attached hydrogens (primary N) is 1. The third kappa shape index (κ3) is 8.30. The number of urea groups is 1.